The number of nitrogens with one attached hydrogen (secondary N) is 2. The highest BCUT2D eigenvalue weighted by Gasteiger charge is 2.23. The van der Waals surface area contributed by atoms with Gasteiger partial charge in [0.1, 0.15) is 17.2 Å². The minimum absolute atomic E-state index is 0.131. The van der Waals surface area contributed by atoms with Gasteiger partial charge in [-0.2, -0.15) is 5.10 Å². The molecule has 0 radical (unpaired) electrons. The fraction of sp³-hybridized carbons (Fsp3) is 0.357. The molecule has 1 fully saturated rings. The molecule has 0 bridgehead atoms. The first kappa shape index (κ1) is 27.0. The number of aliphatic hydroxyl groups is 1. The number of rotatable bonds is 8. The van der Waals surface area contributed by atoms with E-state index in [1.807, 2.05) is 44.0 Å². The van der Waals surface area contributed by atoms with Gasteiger partial charge in [-0.3, -0.25) is 14.4 Å². The molecule has 3 heterocycles. The standard InChI is InChI=1S/C28H31ClFN7O2/c1-4-37-15-25-27(35-37)34-26(12-31-25)32-17(3)21-11-19(6-5-16(21)2)33-28(39)18-9-23(29)22(24(30)10-18)14-36-8-7-20(38)13-36/h5-6,9-12,15,17,20,38H,4,7-8,13-14H2,1-3H3,(H,33,39)(H,32,34,35)/t17-,20+/m0/s1. The zero-order valence-electron chi connectivity index (χ0n) is 22.1. The first-order chi connectivity index (χ1) is 18.7. The first-order valence-corrected chi connectivity index (χ1v) is 13.3. The summed E-state index contributed by atoms with van der Waals surface area (Å²) in [6, 6.07) is 8.15. The predicted octanol–water partition coefficient (Wildman–Crippen LogP) is 4.94. The van der Waals surface area contributed by atoms with Crippen molar-refractivity contribution in [1.82, 2.24) is 24.6 Å². The molecule has 39 heavy (non-hydrogen) atoms. The largest absolute Gasteiger partial charge is 0.392 e. The van der Waals surface area contributed by atoms with Crippen LogP contribution in [0.2, 0.25) is 5.02 Å². The van der Waals surface area contributed by atoms with Gasteiger partial charge in [-0.05, 0) is 62.6 Å². The van der Waals surface area contributed by atoms with Crippen molar-refractivity contribution in [3.05, 3.63) is 75.8 Å². The molecule has 2 aromatic heterocycles. The van der Waals surface area contributed by atoms with E-state index in [2.05, 4.69) is 25.7 Å². The molecular weight excluding hydrogens is 521 g/mol. The zero-order valence-corrected chi connectivity index (χ0v) is 22.8. The highest BCUT2D eigenvalue weighted by atomic mass is 35.5. The summed E-state index contributed by atoms with van der Waals surface area (Å²) in [5.41, 5.74) is 4.32. The van der Waals surface area contributed by atoms with E-state index in [1.165, 1.54) is 12.1 Å². The normalized spacial score (nSPS) is 16.5. The molecule has 0 saturated carbocycles. The van der Waals surface area contributed by atoms with Gasteiger partial charge in [0, 0.05) is 48.0 Å². The van der Waals surface area contributed by atoms with Crippen LogP contribution in [0.25, 0.3) is 11.2 Å². The van der Waals surface area contributed by atoms with E-state index < -0.39 is 17.8 Å². The number of hydrogen-bond acceptors (Lipinski definition) is 7. The smallest absolute Gasteiger partial charge is 0.255 e. The van der Waals surface area contributed by atoms with Crippen molar-refractivity contribution in [2.45, 2.75) is 52.4 Å². The number of aromatic nitrogens is 4. The lowest BCUT2D eigenvalue weighted by Crippen LogP contribution is -2.22. The van der Waals surface area contributed by atoms with Crippen molar-refractivity contribution in [3.8, 4) is 0 Å². The number of aryl methyl sites for hydroxylation is 2. The molecule has 1 aliphatic rings. The van der Waals surface area contributed by atoms with Crippen molar-refractivity contribution in [2.75, 3.05) is 23.7 Å². The number of likely N-dealkylation sites (tertiary alicyclic amines) is 1. The number of carbonyl (C=O) groups excluding carboxylic acids is 1. The third-order valence-corrected chi connectivity index (χ3v) is 7.34. The lowest BCUT2D eigenvalue weighted by atomic mass is 10.0. The second-order valence-electron chi connectivity index (χ2n) is 9.94. The van der Waals surface area contributed by atoms with E-state index in [0.29, 0.717) is 42.2 Å². The molecule has 1 aliphatic heterocycles. The Kier molecular flexibility index (Phi) is 7.79. The van der Waals surface area contributed by atoms with E-state index in [-0.39, 0.29) is 23.2 Å². The van der Waals surface area contributed by atoms with Gasteiger partial charge in [0.25, 0.3) is 5.91 Å². The highest BCUT2D eigenvalue weighted by molar-refractivity contribution is 6.31. The second-order valence-corrected chi connectivity index (χ2v) is 10.3. The van der Waals surface area contributed by atoms with E-state index >= 15 is 0 Å². The van der Waals surface area contributed by atoms with Crippen LogP contribution in [0.15, 0.2) is 42.7 Å². The average Bonchev–Trinajstić information content (AvgIpc) is 3.52. The maximum absolute atomic E-state index is 14.9. The zero-order chi connectivity index (χ0) is 27.7. The van der Waals surface area contributed by atoms with E-state index in [9.17, 15) is 14.3 Å². The Labute approximate surface area is 231 Å². The summed E-state index contributed by atoms with van der Waals surface area (Å²) in [6.45, 7) is 8.17. The van der Waals surface area contributed by atoms with Gasteiger partial charge in [0.15, 0.2) is 0 Å². The molecule has 1 amide bonds. The van der Waals surface area contributed by atoms with Gasteiger partial charge in [0.2, 0.25) is 5.65 Å². The van der Waals surface area contributed by atoms with Crippen LogP contribution in [0, 0.1) is 12.7 Å². The number of amides is 1. The summed E-state index contributed by atoms with van der Waals surface area (Å²) >= 11 is 6.37. The summed E-state index contributed by atoms with van der Waals surface area (Å²) < 4.78 is 16.7. The summed E-state index contributed by atoms with van der Waals surface area (Å²) in [5.74, 6) is -0.408. The van der Waals surface area contributed by atoms with E-state index in [0.717, 1.165) is 23.2 Å². The monoisotopic (exact) mass is 551 g/mol. The first-order valence-electron chi connectivity index (χ1n) is 13.0. The Morgan fingerprint density at radius 2 is 2.13 bits per heavy atom. The van der Waals surface area contributed by atoms with Gasteiger partial charge in [0.05, 0.1) is 24.5 Å². The number of hydrogen-bond donors (Lipinski definition) is 3. The number of fused-ring (bicyclic) bond motifs is 1. The number of carbonyl (C=O) groups is 1. The van der Waals surface area contributed by atoms with Crippen LogP contribution in [-0.2, 0) is 13.1 Å². The molecule has 9 nitrogen and oxygen atoms in total. The third-order valence-electron chi connectivity index (χ3n) is 7.00. The lowest BCUT2D eigenvalue weighted by Gasteiger charge is -2.19. The van der Waals surface area contributed by atoms with E-state index in [1.54, 1.807) is 16.9 Å². The number of benzene rings is 2. The summed E-state index contributed by atoms with van der Waals surface area (Å²) in [6.07, 6.45) is 3.78. The molecule has 0 aliphatic carbocycles. The van der Waals surface area contributed by atoms with Crippen LogP contribution in [0.5, 0.6) is 0 Å². The Morgan fingerprint density at radius 3 is 2.85 bits per heavy atom. The van der Waals surface area contributed by atoms with Crippen molar-refractivity contribution in [2.24, 2.45) is 0 Å². The van der Waals surface area contributed by atoms with Crippen LogP contribution in [0.1, 0.15) is 53.4 Å². The van der Waals surface area contributed by atoms with Gasteiger partial charge in [-0.15, -0.1) is 0 Å². The summed E-state index contributed by atoms with van der Waals surface area (Å²) in [4.78, 5) is 24.0. The molecule has 4 aromatic rings. The molecule has 3 N–H and O–H groups in total. The predicted molar refractivity (Wildman–Crippen MR) is 149 cm³/mol. The molecule has 2 atom stereocenters. The van der Waals surface area contributed by atoms with Gasteiger partial charge in [-0.1, -0.05) is 17.7 Å². The Bertz CT molecular complexity index is 1500. The van der Waals surface area contributed by atoms with Crippen LogP contribution in [0.4, 0.5) is 15.9 Å². The van der Waals surface area contributed by atoms with Crippen molar-refractivity contribution >= 4 is 40.2 Å². The lowest BCUT2D eigenvalue weighted by molar-refractivity contribution is 0.102. The van der Waals surface area contributed by atoms with Gasteiger partial charge < -0.3 is 15.7 Å². The fourth-order valence-electron chi connectivity index (χ4n) is 4.83. The van der Waals surface area contributed by atoms with Crippen molar-refractivity contribution in [3.63, 3.8) is 0 Å². The van der Waals surface area contributed by atoms with Crippen LogP contribution < -0.4 is 10.6 Å². The number of halogens is 2. The summed E-state index contributed by atoms with van der Waals surface area (Å²) in [7, 11) is 0. The minimum Gasteiger partial charge on any atom is -0.392 e. The number of aliphatic hydroxyl groups excluding tert-OH is 1. The molecule has 5 rings (SSSR count). The van der Waals surface area contributed by atoms with Crippen LogP contribution in [0.3, 0.4) is 0 Å². The quantitative estimate of drug-likeness (QED) is 0.285. The van der Waals surface area contributed by atoms with E-state index in [4.69, 9.17) is 11.6 Å². The number of anilines is 2. The topological polar surface area (TPSA) is 108 Å². The Morgan fingerprint density at radius 1 is 1.31 bits per heavy atom. The SMILES string of the molecule is CCn1cc2ncc(N[C@@H](C)c3cc(NC(=O)c4cc(F)c(CN5CC[C@@H](O)C5)c(Cl)c4)ccc3C)nc2n1. The average molecular weight is 552 g/mol. The van der Waals surface area contributed by atoms with Crippen LogP contribution in [-0.4, -0.2) is 54.9 Å². The molecule has 0 spiro atoms. The molecule has 1 saturated heterocycles. The fourth-order valence-corrected chi connectivity index (χ4v) is 5.10. The highest BCUT2D eigenvalue weighted by Crippen LogP contribution is 2.28. The maximum Gasteiger partial charge on any atom is 0.255 e. The Balaban J connectivity index is 1.29. The molecule has 11 heteroatoms. The van der Waals surface area contributed by atoms with Crippen LogP contribution >= 0.6 is 11.6 Å². The molecule has 204 valence electrons. The third kappa shape index (κ3) is 6.03. The summed E-state index contributed by atoms with van der Waals surface area (Å²) in [5, 5.41) is 20.6. The molecule has 2 aromatic carbocycles. The second kappa shape index (κ2) is 11.3. The maximum atomic E-state index is 14.9. The Hall–Kier alpha value is -3.60. The molecular formula is C28H31ClFN7O2. The number of β-amino-alcohol motifs (C(OH)–C–C–N with tert-alkyl or cyclic N) is 1. The van der Waals surface area contributed by atoms with Crippen molar-refractivity contribution < 1.29 is 14.3 Å². The van der Waals surface area contributed by atoms with Gasteiger partial charge in [-0.25, -0.2) is 14.4 Å². The van der Waals surface area contributed by atoms with Crippen molar-refractivity contribution in [1.29, 1.82) is 0 Å². The molecule has 0 unspecified atom stereocenters. The van der Waals surface area contributed by atoms with Gasteiger partial charge >= 0.3 is 0 Å². The minimum atomic E-state index is -0.543. The number of nitrogens with zero attached hydrogens (tertiary/aromatic N) is 5.